The summed E-state index contributed by atoms with van der Waals surface area (Å²) in [5.74, 6) is -0.0921. The summed E-state index contributed by atoms with van der Waals surface area (Å²) >= 11 is 2.94. The topological polar surface area (TPSA) is 42.0 Å². The normalized spacial score (nSPS) is 10.7. The molecule has 90 valence electrons. The van der Waals surface area contributed by atoms with E-state index in [4.69, 9.17) is 0 Å². The van der Waals surface area contributed by atoms with Gasteiger partial charge in [0.1, 0.15) is 0 Å². The highest BCUT2D eigenvalue weighted by molar-refractivity contribution is 7.21. The molecule has 0 radical (unpaired) electrons. The van der Waals surface area contributed by atoms with Gasteiger partial charge in [-0.2, -0.15) is 0 Å². The molecule has 0 atom stereocenters. The first-order chi connectivity index (χ1) is 8.72. The van der Waals surface area contributed by atoms with Crippen molar-refractivity contribution >= 4 is 43.8 Å². The van der Waals surface area contributed by atoms with Crippen LogP contribution in [0.5, 0.6) is 0 Å². The lowest BCUT2D eigenvalue weighted by Crippen LogP contribution is -2.09. The number of aryl methyl sites for hydroxylation is 1. The van der Waals surface area contributed by atoms with Crippen LogP contribution in [0.4, 0.5) is 5.13 Å². The molecule has 0 aliphatic rings. The first kappa shape index (κ1) is 11.4. The fourth-order valence-corrected chi connectivity index (χ4v) is 3.31. The summed E-state index contributed by atoms with van der Waals surface area (Å²) in [6.07, 6.45) is 0. The van der Waals surface area contributed by atoms with Crippen LogP contribution in [0.2, 0.25) is 0 Å². The number of rotatable bonds is 2. The van der Waals surface area contributed by atoms with Crippen molar-refractivity contribution in [2.24, 2.45) is 0 Å². The second-order valence-electron chi connectivity index (χ2n) is 3.90. The summed E-state index contributed by atoms with van der Waals surface area (Å²) in [6, 6.07) is 9.89. The van der Waals surface area contributed by atoms with Crippen LogP contribution in [-0.4, -0.2) is 10.9 Å². The van der Waals surface area contributed by atoms with Crippen molar-refractivity contribution in [1.29, 1.82) is 0 Å². The van der Waals surface area contributed by atoms with Crippen LogP contribution in [0.3, 0.4) is 0 Å². The lowest BCUT2D eigenvalue weighted by Gasteiger charge is -1.97. The van der Waals surface area contributed by atoms with Gasteiger partial charge in [-0.1, -0.05) is 18.2 Å². The van der Waals surface area contributed by atoms with E-state index in [0.29, 0.717) is 10.0 Å². The number of anilines is 1. The molecule has 0 unspecified atom stereocenters. The van der Waals surface area contributed by atoms with Crippen LogP contribution < -0.4 is 5.32 Å². The molecule has 0 bridgehead atoms. The molecule has 0 spiro atoms. The van der Waals surface area contributed by atoms with E-state index in [2.05, 4.69) is 10.3 Å². The molecule has 1 N–H and O–H groups in total. The smallest absolute Gasteiger partial charge is 0.267 e. The van der Waals surface area contributed by atoms with Crippen LogP contribution in [-0.2, 0) is 0 Å². The number of fused-ring (bicyclic) bond motifs is 1. The van der Waals surface area contributed by atoms with Crippen LogP contribution in [0.1, 0.15) is 15.4 Å². The van der Waals surface area contributed by atoms with Gasteiger partial charge in [-0.3, -0.25) is 10.1 Å². The Morgan fingerprint density at radius 1 is 1.33 bits per heavy atom. The second kappa shape index (κ2) is 4.51. The molecule has 2 heterocycles. The Morgan fingerprint density at radius 2 is 2.17 bits per heavy atom. The van der Waals surface area contributed by atoms with E-state index in [9.17, 15) is 4.79 Å². The van der Waals surface area contributed by atoms with Crippen molar-refractivity contribution in [3.63, 3.8) is 0 Å². The fraction of sp³-hybridized carbons (Fsp3) is 0.0769. The molecular weight excluding hydrogens is 264 g/mol. The summed E-state index contributed by atoms with van der Waals surface area (Å²) in [4.78, 5) is 17.0. The van der Waals surface area contributed by atoms with E-state index in [0.717, 1.165) is 15.8 Å². The molecule has 0 saturated heterocycles. The van der Waals surface area contributed by atoms with Crippen LogP contribution >= 0.6 is 22.7 Å². The van der Waals surface area contributed by atoms with Crippen molar-refractivity contribution in [3.8, 4) is 0 Å². The largest absolute Gasteiger partial charge is 0.297 e. The third-order valence-electron chi connectivity index (χ3n) is 2.49. The molecule has 0 saturated carbocycles. The van der Waals surface area contributed by atoms with E-state index in [1.807, 2.05) is 42.6 Å². The minimum atomic E-state index is -0.0921. The molecule has 0 aliphatic carbocycles. The van der Waals surface area contributed by atoms with E-state index in [1.54, 1.807) is 0 Å². The average Bonchev–Trinajstić information content (AvgIpc) is 2.95. The fourth-order valence-electron chi connectivity index (χ4n) is 1.66. The van der Waals surface area contributed by atoms with Gasteiger partial charge >= 0.3 is 0 Å². The third kappa shape index (κ3) is 2.14. The number of benzene rings is 1. The standard InChI is InChI=1S/C13H10N2OS2/c1-8-7-17-13(14-8)15-12(16)11-6-9-4-2-3-5-10(9)18-11/h2-7H,1H3,(H,14,15,16). The number of hydrogen-bond donors (Lipinski definition) is 1. The van der Waals surface area contributed by atoms with Gasteiger partial charge in [0.25, 0.3) is 5.91 Å². The first-order valence-electron chi connectivity index (χ1n) is 5.44. The molecule has 3 nitrogen and oxygen atoms in total. The molecule has 0 aliphatic heterocycles. The molecule has 1 aromatic carbocycles. The number of thiazole rings is 1. The van der Waals surface area contributed by atoms with Gasteiger partial charge < -0.3 is 0 Å². The summed E-state index contributed by atoms with van der Waals surface area (Å²) in [5, 5.41) is 6.48. The minimum absolute atomic E-state index is 0.0921. The Bertz CT molecular complexity index is 681. The van der Waals surface area contributed by atoms with Gasteiger partial charge in [0.15, 0.2) is 5.13 Å². The lowest BCUT2D eigenvalue weighted by molar-refractivity contribution is 0.103. The van der Waals surface area contributed by atoms with E-state index in [-0.39, 0.29) is 5.91 Å². The van der Waals surface area contributed by atoms with Gasteiger partial charge in [-0.15, -0.1) is 22.7 Å². The monoisotopic (exact) mass is 274 g/mol. The van der Waals surface area contributed by atoms with Gasteiger partial charge in [0, 0.05) is 10.1 Å². The van der Waals surface area contributed by atoms with Crippen molar-refractivity contribution in [3.05, 3.63) is 46.3 Å². The first-order valence-corrected chi connectivity index (χ1v) is 7.14. The maximum Gasteiger partial charge on any atom is 0.267 e. The van der Waals surface area contributed by atoms with Gasteiger partial charge in [0.05, 0.1) is 10.6 Å². The highest BCUT2D eigenvalue weighted by Gasteiger charge is 2.11. The zero-order chi connectivity index (χ0) is 12.5. The van der Waals surface area contributed by atoms with E-state index in [1.165, 1.54) is 22.7 Å². The Balaban J connectivity index is 1.87. The van der Waals surface area contributed by atoms with Crippen LogP contribution in [0, 0.1) is 6.92 Å². The van der Waals surface area contributed by atoms with Crippen LogP contribution in [0.25, 0.3) is 10.1 Å². The van der Waals surface area contributed by atoms with Gasteiger partial charge in [0.2, 0.25) is 0 Å². The Kier molecular flexibility index (Phi) is 2.85. The van der Waals surface area contributed by atoms with Crippen molar-refractivity contribution in [2.45, 2.75) is 6.92 Å². The maximum absolute atomic E-state index is 12.1. The molecular formula is C13H10N2OS2. The number of amides is 1. The number of aromatic nitrogens is 1. The molecule has 2 aromatic heterocycles. The quantitative estimate of drug-likeness (QED) is 0.769. The lowest BCUT2D eigenvalue weighted by atomic mass is 10.2. The van der Waals surface area contributed by atoms with Gasteiger partial charge in [-0.25, -0.2) is 4.98 Å². The molecule has 1 amide bonds. The number of thiophene rings is 1. The number of carbonyl (C=O) groups is 1. The molecule has 5 heteroatoms. The predicted molar refractivity (Wildman–Crippen MR) is 76.6 cm³/mol. The highest BCUT2D eigenvalue weighted by atomic mass is 32.1. The molecule has 0 fully saturated rings. The number of carbonyl (C=O) groups excluding carboxylic acids is 1. The zero-order valence-corrected chi connectivity index (χ0v) is 11.3. The van der Waals surface area contributed by atoms with Crippen molar-refractivity contribution in [2.75, 3.05) is 5.32 Å². The maximum atomic E-state index is 12.1. The van der Waals surface area contributed by atoms with Crippen LogP contribution in [0.15, 0.2) is 35.7 Å². The van der Waals surface area contributed by atoms with E-state index >= 15 is 0 Å². The minimum Gasteiger partial charge on any atom is -0.297 e. The third-order valence-corrected chi connectivity index (χ3v) is 4.48. The number of nitrogens with zero attached hydrogens (tertiary/aromatic N) is 1. The van der Waals surface area contributed by atoms with Crippen molar-refractivity contribution < 1.29 is 4.79 Å². The predicted octanol–water partition coefficient (Wildman–Crippen LogP) is 3.92. The summed E-state index contributed by atoms with van der Waals surface area (Å²) in [5.41, 5.74) is 0.923. The summed E-state index contributed by atoms with van der Waals surface area (Å²) < 4.78 is 1.12. The Morgan fingerprint density at radius 3 is 2.89 bits per heavy atom. The number of hydrogen-bond acceptors (Lipinski definition) is 4. The Labute approximate surface area is 112 Å². The second-order valence-corrected chi connectivity index (χ2v) is 5.84. The molecule has 3 aromatic rings. The highest BCUT2D eigenvalue weighted by Crippen LogP contribution is 2.26. The number of nitrogens with one attached hydrogen (secondary N) is 1. The zero-order valence-electron chi connectivity index (χ0n) is 9.64. The average molecular weight is 274 g/mol. The molecule has 3 rings (SSSR count). The van der Waals surface area contributed by atoms with E-state index < -0.39 is 0 Å². The van der Waals surface area contributed by atoms with Gasteiger partial charge in [-0.05, 0) is 24.4 Å². The molecule has 18 heavy (non-hydrogen) atoms. The van der Waals surface area contributed by atoms with Crippen molar-refractivity contribution in [1.82, 2.24) is 4.98 Å². The Hall–Kier alpha value is -1.72. The SMILES string of the molecule is Cc1csc(NC(=O)c2cc3ccccc3s2)n1. The summed E-state index contributed by atoms with van der Waals surface area (Å²) in [6.45, 7) is 1.91. The summed E-state index contributed by atoms with van der Waals surface area (Å²) in [7, 11) is 0.